The SMILES string of the molecule is CC(C)CCOc1ccc2ccccc2c1-c1c(OCc2cn([C@H](CCCCN)C(=O)N[C@H](CCCN=C(N)N)C(=O)N3CCCCC3)nn2)ccc2ccccc12. The molecular formula is C45H59N9O4. The number of ether oxygens (including phenoxy) is 2. The minimum atomic E-state index is -0.720. The third kappa shape index (κ3) is 10.8. The van der Waals surface area contributed by atoms with E-state index in [1.54, 1.807) is 10.9 Å². The molecule has 4 aromatic carbocycles. The van der Waals surface area contributed by atoms with Crippen molar-refractivity contribution in [3.63, 3.8) is 0 Å². The molecule has 7 N–H and O–H groups in total. The predicted molar refractivity (Wildman–Crippen MR) is 230 cm³/mol. The van der Waals surface area contributed by atoms with Gasteiger partial charge in [-0.2, -0.15) is 0 Å². The monoisotopic (exact) mass is 789 g/mol. The largest absolute Gasteiger partial charge is 0.493 e. The van der Waals surface area contributed by atoms with E-state index in [0.717, 1.165) is 70.5 Å². The molecule has 2 heterocycles. The third-order valence-corrected chi connectivity index (χ3v) is 10.7. The molecule has 1 aliphatic rings. The van der Waals surface area contributed by atoms with Gasteiger partial charge in [0.1, 0.15) is 35.9 Å². The summed E-state index contributed by atoms with van der Waals surface area (Å²) in [5.74, 6) is 1.59. The third-order valence-electron chi connectivity index (χ3n) is 10.7. The van der Waals surface area contributed by atoms with Crippen LogP contribution in [-0.2, 0) is 16.2 Å². The Bertz CT molecular complexity index is 2160. The highest BCUT2D eigenvalue weighted by Gasteiger charge is 2.31. The molecule has 308 valence electrons. The number of piperidine rings is 1. The number of fused-ring (bicyclic) bond motifs is 2. The molecule has 1 aromatic heterocycles. The Morgan fingerprint density at radius 1 is 0.810 bits per heavy atom. The Kier molecular flexibility index (Phi) is 14.9. The molecule has 13 heteroatoms. The first-order valence-electron chi connectivity index (χ1n) is 20.8. The summed E-state index contributed by atoms with van der Waals surface area (Å²) in [6.45, 7) is 7.31. The molecule has 1 fully saturated rings. The zero-order chi connectivity index (χ0) is 40.9. The van der Waals surface area contributed by atoms with Gasteiger partial charge in [-0.3, -0.25) is 14.6 Å². The van der Waals surface area contributed by atoms with Crippen LogP contribution < -0.4 is 32.0 Å². The summed E-state index contributed by atoms with van der Waals surface area (Å²) in [5.41, 5.74) is 19.4. The van der Waals surface area contributed by atoms with Gasteiger partial charge in [0, 0.05) is 30.8 Å². The van der Waals surface area contributed by atoms with Gasteiger partial charge >= 0.3 is 0 Å². The highest BCUT2D eigenvalue weighted by molar-refractivity contribution is 6.09. The van der Waals surface area contributed by atoms with Crippen LogP contribution in [0.5, 0.6) is 11.5 Å². The van der Waals surface area contributed by atoms with Crippen LogP contribution in [0, 0.1) is 5.92 Å². The van der Waals surface area contributed by atoms with Crippen molar-refractivity contribution in [1.29, 1.82) is 0 Å². The lowest BCUT2D eigenvalue weighted by Crippen LogP contribution is -2.51. The molecular weight excluding hydrogens is 731 g/mol. The van der Waals surface area contributed by atoms with Gasteiger partial charge in [-0.05, 0) is 104 Å². The summed E-state index contributed by atoms with van der Waals surface area (Å²) in [5, 5.41) is 16.3. The molecule has 0 aliphatic carbocycles. The number of amides is 2. The highest BCUT2D eigenvalue weighted by atomic mass is 16.5. The molecule has 1 saturated heterocycles. The van der Waals surface area contributed by atoms with E-state index in [2.05, 4.69) is 76.9 Å². The maximum atomic E-state index is 14.1. The lowest BCUT2D eigenvalue weighted by Gasteiger charge is -2.31. The van der Waals surface area contributed by atoms with Gasteiger partial charge in [-0.1, -0.05) is 79.7 Å². The number of benzene rings is 4. The quantitative estimate of drug-likeness (QED) is 0.0389. The molecule has 0 unspecified atom stereocenters. The van der Waals surface area contributed by atoms with Crippen LogP contribution in [0.25, 0.3) is 32.7 Å². The molecule has 0 bridgehead atoms. The van der Waals surface area contributed by atoms with E-state index in [0.29, 0.717) is 75.8 Å². The number of aromatic nitrogens is 3. The van der Waals surface area contributed by atoms with E-state index in [-0.39, 0.29) is 24.4 Å². The molecule has 0 spiro atoms. The lowest BCUT2D eigenvalue weighted by molar-refractivity contribution is -0.138. The second-order valence-corrected chi connectivity index (χ2v) is 15.5. The summed E-state index contributed by atoms with van der Waals surface area (Å²) in [6.07, 6.45) is 8.52. The van der Waals surface area contributed by atoms with Crippen LogP contribution in [0.3, 0.4) is 0 Å². The fraction of sp³-hybridized carbons (Fsp3) is 0.444. The van der Waals surface area contributed by atoms with Crippen LogP contribution in [0.1, 0.15) is 83.4 Å². The zero-order valence-corrected chi connectivity index (χ0v) is 33.9. The Morgan fingerprint density at radius 3 is 2.10 bits per heavy atom. The number of nitrogens with two attached hydrogens (primary N) is 3. The zero-order valence-electron chi connectivity index (χ0n) is 33.9. The molecule has 1 aliphatic heterocycles. The maximum absolute atomic E-state index is 14.1. The summed E-state index contributed by atoms with van der Waals surface area (Å²) in [4.78, 5) is 33.8. The van der Waals surface area contributed by atoms with Crippen molar-refractivity contribution in [2.75, 3.05) is 32.8 Å². The molecule has 2 amide bonds. The van der Waals surface area contributed by atoms with E-state index < -0.39 is 12.1 Å². The standard InChI is InChI=1S/C45H59N9O4/c1-31(2)23-28-57-39-21-19-32-13-4-6-15-35(32)41(39)42-36-16-7-5-14-33(36)20-22-40(42)58-30-34-29-54(52-51-34)38(18-8-9-24-46)43(55)50-37(17-12-25-49-45(47)48)44(56)53-26-10-3-11-27-53/h4-7,13-16,19-22,29,31,37-38H,3,8-12,17-18,23-28,30,46H2,1-2H3,(H,50,55)(H4,47,48,49)/t37-,38-/m1/s1. The van der Waals surface area contributed by atoms with Crippen molar-refractivity contribution < 1.29 is 19.1 Å². The van der Waals surface area contributed by atoms with Crippen molar-refractivity contribution >= 4 is 39.3 Å². The fourth-order valence-electron chi connectivity index (χ4n) is 7.58. The number of carbonyl (C=O) groups excluding carboxylic acids is 2. The van der Waals surface area contributed by atoms with Crippen molar-refractivity contribution in [1.82, 2.24) is 25.2 Å². The van der Waals surface area contributed by atoms with E-state index in [1.165, 1.54) is 0 Å². The summed E-state index contributed by atoms with van der Waals surface area (Å²) in [6, 6.07) is 23.4. The normalized spacial score (nSPS) is 14.0. The van der Waals surface area contributed by atoms with E-state index in [9.17, 15) is 9.59 Å². The van der Waals surface area contributed by atoms with Crippen LogP contribution in [0.2, 0.25) is 0 Å². The first kappa shape index (κ1) is 41.9. The van der Waals surface area contributed by atoms with Gasteiger partial charge in [0.2, 0.25) is 11.8 Å². The van der Waals surface area contributed by atoms with Gasteiger partial charge in [-0.25, -0.2) is 4.68 Å². The number of aliphatic imine (C=N–C) groups is 1. The number of nitrogens with one attached hydrogen (secondary N) is 1. The van der Waals surface area contributed by atoms with E-state index >= 15 is 0 Å². The van der Waals surface area contributed by atoms with E-state index in [4.69, 9.17) is 26.7 Å². The van der Waals surface area contributed by atoms with Gasteiger partial charge in [0.15, 0.2) is 5.96 Å². The minimum absolute atomic E-state index is 0.00450. The molecule has 0 saturated carbocycles. The van der Waals surface area contributed by atoms with Crippen molar-refractivity contribution in [3.05, 3.63) is 84.7 Å². The van der Waals surface area contributed by atoms with Crippen molar-refractivity contribution in [2.24, 2.45) is 28.1 Å². The van der Waals surface area contributed by atoms with Gasteiger partial charge in [0.25, 0.3) is 0 Å². The number of hydrogen-bond acceptors (Lipinski definition) is 8. The number of carbonyl (C=O) groups is 2. The molecule has 5 aromatic rings. The first-order chi connectivity index (χ1) is 28.2. The Balaban J connectivity index is 1.27. The van der Waals surface area contributed by atoms with Crippen LogP contribution in [0.4, 0.5) is 0 Å². The van der Waals surface area contributed by atoms with Crippen LogP contribution in [0.15, 0.2) is 84.0 Å². The van der Waals surface area contributed by atoms with Gasteiger partial charge < -0.3 is 36.9 Å². The molecule has 0 radical (unpaired) electrons. The van der Waals surface area contributed by atoms with Gasteiger partial charge in [0.05, 0.1) is 12.8 Å². The molecule has 2 atom stereocenters. The van der Waals surface area contributed by atoms with Crippen LogP contribution >= 0.6 is 0 Å². The Hall–Kier alpha value is -5.69. The van der Waals surface area contributed by atoms with Gasteiger partial charge in [-0.15, -0.1) is 5.10 Å². The summed E-state index contributed by atoms with van der Waals surface area (Å²) >= 11 is 0. The molecule has 6 rings (SSSR count). The smallest absolute Gasteiger partial charge is 0.245 e. The number of unbranched alkanes of at least 4 members (excludes halogenated alkanes) is 1. The minimum Gasteiger partial charge on any atom is -0.493 e. The second-order valence-electron chi connectivity index (χ2n) is 15.5. The highest BCUT2D eigenvalue weighted by Crippen LogP contribution is 2.45. The molecule has 58 heavy (non-hydrogen) atoms. The molecule has 13 nitrogen and oxygen atoms in total. The average molecular weight is 790 g/mol. The van der Waals surface area contributed by atoms with Crippen LogP contribution in [-0.4, -0.2) is 76.5 Å². The Morgan fingerprint density at radius 2 is 1.47 bits per heavy atom. The average Bonchev–Trinajstić information content (AvgIpc) is 3.71. The number of likely N-dealkylation sites (tertiary alicyclic amines) is 1. The maximum Gasteiger partial charge on any atom is 0.245 e. The predicted octanol–water partition coefficient (Wildman–Crippen LogP) is 6.48. The van der Waals surface area contributed by atoms with Crippen molar-refractivity contribution in [3.8, 4) is 22.6 Å². The number of rotatable bonds is 20. The van der Waals surface area contributed by atoms with E-state index in [1.807, 2.05) is 35.2 Å². The topological polar surface area (TPSA) is 189 Å². The second kappa shape index (κ2) is 20.6. The lowest BCUT2D eigenvalue weighted by atomic mass is 9.92. The number of hydrogen-bond donors (Lipinski definition) is 4. The summed E-state index contributed by atoms with van der Waals surface area (Å²) < 4.78 is 14.8. The number of guanidine groups is 1. The Labute approximate surface area is 341 Å². The summed E-state index contributed by atoms with van der Waals surface area (Å²) in [7, 11) is 0. The fourth-order valence-corrected chi connectivity index (χ4v) is 7.58. The number of nitrogens with zero attached hydrogens (tertiary/aromatic N) is 5. The van der Waals surface area contributed by atoms with Crippen molar-refractivity contribution in [2.45, 2.75) is 90.3 Å². The first-order valence-corrected chi connectivity index (χ1v) is 20.8.